The van der Waals surface area contributed by atoms with Crippen LogP contribution < -0.4 is 0 Å². The molecule has 1 unspecified atom stereocenters. The van der Waals surface area contributed by atoms with Crippen LogP contribution in [-0.4, -0.2) is 22.4 Å². The monoisotopic (exact) mass is 304 g/mol. The lowest BCUT2D eigenvalue weighted by Crippen LogP contribution is -2.57. The fraction of sp³-hybridized carbons (Fsp3) is 0.900. The van der Waals surface area contributed by atoms with Crippen molar-refractivity contribution in [3.05, 3.63) is 11.6 Å². The number of aliphatic hydroxyl groups excluding tert-OH is 2. The summed E-state index contributed by atoms with van der Waals surface area (Å²) < 4.78 is 0. The van der Waals surface area contributed by atoms with Gasteiger partial charge >= 0.3 is 0 Å². The Morgan fingerprint density at radius 1 is 0.955 bits per heavy atom. The fourth-order valence-corrected chi connectivity index (χ4v) is 6.95. The number of fused-ring (bicyclic) bond motifs is 5. The highest BCUT2D eigenvalue weighted by Crippen LogP contribution is 2.70. The first-order valence-electron chi connectivity index (χ1n) is 9.37. The second-order valence-corrected chi connectivity index (χ2v) is 9.42. The van der Waals surface area contributed by atoms with Gasteiger partial charge in [0.25, 0.3) is 0 Å². The van der Waals surface area contributed by atoms with Gasteiger partial charge in [-0.3, -0.25) is 0 Å². The zero-order chi connectivity index (χ0) is 15.8. The van der Waals surface area contributed by atoms with Crippen LogP contribution in [0.1, 0.15) is 72.1 Å². The predicted molar refractivity (Wildman–Crippen MR) is 88.3 cm³/mol. The SMILES string of the molecule is CC12CC[C@]3(C)[C@@H](O)CC[C@H]3[C@@H]1CC=C1C[C@@H](O)CC[C@@]12C. The maximum absolute atomic E-state index is 10.5. The van der Waals surface area contributed by atoms with E-state index in [4.69, 9.17) is 0 Å². The lowest BCUT2D eigenvalue weighted by atomic mass is 9.41. The van der Waals surface area contributed by atoms with Crippen molar-refractivity contribution in [3.8, 4) is 0 Å². The van der Waals surface area contributed by atoms with E-state index >= 15 is 0 Å². The quantitative estimate of drug-likeness (QED) is 0.663. The summed E-state index contributed by atoms with van der Waals surface area (Å²) in [6, 6.07) is 0. The van der Waals surface area contributed by atoms with E-state index in [0.29, 0.717) is 17.3 Å². The molecule has 7 atom stereocenters. The Labute approximate surface area is 135 Å². The van der Waals surface area contributed by atoms with E-state index in [1.165, 1.54) is 31.3 Å². The van der Waals surface area contributed by atoms with Crippen LogP contribution >= 0.6 is 0 Å². The maximum atomic E-state index is 10.5. The van der Waals surface area contributed by atoms with E-state index in [-0.39, 0.29) is 23.0 Å². The Morgan fingerprint density at radius 2 is 1.73 bits per heavy atom. The zero-order valence-corrected chi connectivity index (χ0v) is 14.4. The molecule has 0 saturated heterocycles. The molecule has 0 aromatic heterocycles. The maximum Gasteiger partial charge on any atom is 0.0596 e. The number of rotatable bonds is 0. The van der Waals surface area contributed by atoms with Gasteiger partial charge in [0.05, 0.1) is 12.2 Å². The summed E-state index contributed by atoms with van der Waals surface area (Å²) in [7, 11) is 0. The van der Waals surface area contributed by atoms with Gasteiger partial charge in [0.1, 0.15) is 0 Å². The Hall–Kier alpha value is -0.340. The van der Waals surface area contributed by atoms with Gasteiger partial charge in [-0.05, 0) is 79.4 Å². The smallest absolute Gasteiger partial charge is 0.0596 e. The van der Waals surface area contributed by atoms with Gasteiger partial charge < -0.3 is 10.2 Å². The molecule has 2 N–H and O–H groups in total. The van der Waals surface area contributed by atoms with E-state index < -0.39 is 0 Å². The fourth-order valence-electron chi connectivity index (χ4n) is 6.95. The van der Waals surface area contributed by atoms with Gasteiger partial charge in [0.15, 0.2) is 0 Å². The summed E-state index contributed by atoms with van der Waals surface area (Å²) in [6.07, 6.45) is 11.0. The molecule has 0 aromatic rings. The molecular formula is C20H32O2. The first kappa shape index (κ1) is 15.2. The molecule has 0 spiro atoms. The largest absolute Gasteiger partial charge is 0.393 e. The molecule has 3 fully saturated rings. The van der Waals surface area contributed by atoms with Crippen molar-refractivity contribution >= 4 is 0 Å². The summed E-state index contributed by atoms with van der Waals surface area (Å²) in [4.78, 5) is 0. The molecule has 2 nitrogen and oxygen atoms in total. The van der Waals surface area contributed by atoms with Gasteiger partial charge in [0, 0.05) is 0 Å². The lowest BCUT2D eigenvalue weighted by Gasteiger charge is -2.64. The number of hydrogen-bond donors (Lipinski definition) is 2. The number of allylic oxidation sites excluding steroid dienone is 1. The minimum Gasteiger partial charge on any atom is -0.393 e. The minimum absolute atomic E-state index is 0.0894. The summed E-state index contributed by atoms with van der Waals surface area (Å²) in [5.41, 5.74) is 2.31. The van der Waals surface area contributed by atoms with Gasteiger partial charge in [-0.15, -0.1) is 0 Å². The first-order chi connectivity index (χ1) is 10.3. The molecule has 3 saturated carbocycles. The van der Waals surface area contributed by atoms with Crippen LogP contribution in [0.25, 0.3) is 0 Å². The number of hydrogen-bond acceptors (Lipinski definition) is 2. The van der Waals surface area contributed by atoms with Crippen molar-refractivity contribution in [3.63, 3.8) is 0 Å². The Kier molecular flexibility index (Phi) is 3.18. The minimum atomic E-state index is -0.123. The molecule has 0 radical (unpaired) electrons. The summed E-state index contributed by atoms with van der Waals surface area (Å²) >= 11 is 0. The predicted octanol–water partition coefficient (Wildman–Crippen LogP) is 4.06. The highest BCUT2D eigenvalue weighted by atomic mass is 16.3. The molecule has 0 amide bonds. The molecule has 22 heavy (non-hydrogen) atoms. The Bertz CT molecular complexity index is 512. The van der Waals surface area contributed by atoms with Crippen molar-refractivity contribution in [2.75, 3.05) is 0 Å². The summed E-state index contributed by atoms with van der Waals surface area (Å²) in [6.45, 7) is 7.36. The molecule has 2 heteroatoms. The van der Waals surface area contributed by atoms with Gasteiger partial charge in [-0.1, -0.05) is 32.4 Å². The van der Waals surface area contributed by atoms with Crippen molar-refractivity contribution in [1.82, 2.24) is 0 Å². The lowest BCUT2D eigenvalue weighted by molar-refractivity contribution is -0.125. The van der Waals surface area contributed by atoms with E-state index in [9.17, 15) is 10.2 Å². The van der Waals surface area contributed by atoms with Crippen molar-refractivity contribution < 1.29 is 10.2 Å². The molecule has 4 aliphatic rings. The van der Waals surface area contributed by atoms with Crippen molar-refractivity contribution in [2.24, 2.45) is 28.1 Å². The Morgan fingerprint density at radius 3 is 2.50 bits per heavy atom. The third-order valence-electron chi connectivity index (χ3n) is 8.87. The van der Waals surface area contributed by atoms with E-state index in [1.807, 2.05) is 0 Å². The molecule has 0 aliphatic heterocycles. The Balaban J connectivity index is 1.75. The average Bonchev–Trinajstić information content (AvgIpc) is 2.77. The third-order valence-corrected chi connectivity index (χ3v) is 8.87. The molecule has 0 heterocycles. The normalized spacial score (nSPS) is 57.6. The van der Waals surface area contributed by atoms with Crippen LogP contribution in [0.4, 0.5) is 0 Å². The van der Waals surface area contributed by atoms with Crippen molar-refractivity contribution in [1.29, 1.82) is 0 Å². The molecule has 124 valence electrons. The molecule has 4 aliphatic carbocycles. The summed E-state index contributed by atoms with van der Waals surface area (Å²) in [5, 5.41) is 20.6. The highest BCUT2D eigenvalue weighted by molar-refractivity contribution is 5.28. The topological polar surface area (TPSA) is 40.5 Å². The van der Waals surface area contributed by atoms with Crippen LogP contribution in [-0.2, 0) is 0 Å². The number of aliphatic hydroxyl groups is 2. The van der Waals surface area contributed by atoms with Crippen LogP contribution in [0, 0.1) is 28.1 Å². The highest BCUT2D eigenvalue weighted by Gasteiger charge is 2.63. The molecular weight excluding hydrogens is 272 g/mol. The van der Waals surface area contributed by atoms with Gasteiger partial charge in [-0.25, -0.2) is 0 Å². The van der Waals surface area contributed by atoms with Crippen LogP contribution in [0.3, 0.4) is 0 Å². The van der Waals surface area contributed by atoms with Crippen molar-refractivity contribution in [2.45, 2.75) is 84.3 Å². The molecule has 0 bridgehead atoms. The van der Waals surface area contributed by atoms with Crippen LogP contribution in [0.5, 0.6) is 0 Å². The zero-order valence-electron chi connectivity index (χ0n) is 14.4. The van der Waals surface area contributed by atoms with E-state index in [2.05, 4.69) is 26.8 Å². The molecule has 4 rings (SSSR count). The van der Waals surface area contributed by atoms with E-state index in [0.717, 1.165) is 25.7 Å². The third kappa shape index (κ3) is 1.69. The molecule has 0 aromatic carbocycles. The first-order valence-corrected chi connectivity index (χ1v) is 9.37. The van der Waals surface area contributed by atoms with Crippen LogP contribution in [0.2, 0.25) is 0 Å². The van der Waals surface area contributed by atoms with Crippen LogP contribution in [0.15, 0.2) is 11.6 Å². The summed E-state index contributed by atoms with van der Waals surface area (Å²) in [5.74, 6) is 1.40. The second kappa shape index (κ2) is 4.60. The standard InChI is InChI=1S/C20H32O2/c1-18-10-11-20(3)16(15(18)6-7-17(18)22)5-4-13-12-14(21)8-9-19(13,20)2/h4,14-17,21-22H,5-12H2,1-3H3/t14-,15-,16-,17-,18-,19-,20?/m0/s1. The average molecular weight is 304 g/mol. The van der Waals surface area contributed by atoms with Gasteiger partial charge in [0.2, 0.25) is 0 Å². The second-order valence-electron chi connectivity index (χ2n) is 9.42. The van der Waals surface area contributed by atoms with E-state index in [1.54, 1.807) is 0 Å². The van der Waals surface area contributed by atoms with Gasteiger partial charge in [-0.2, -0.15) is 0 Å².